The molecule has 1 fully saturated rings. The molecule has 2 heteroatoms. The molecule has 94 valence electrons. The van der Waals surface area contributed by atoms with Crippen LogP contribution in [0, 0.1) is 17.2 Å². The van der Waals surface area contributed by atoms with E-state index >= 15 is 0 Å². The highest BCUT2D eigenvalue weighted by Gasteiger charge is 2.36. The van der Waals surface area contributed by atoms with Gasteiger partial charge in [0.1, 0.15) is 0 Å². The van der Waals surface area contributed by atoms with Crippen LogP contribution in [0.1, 0.15) is 43.7 Å². The third kappa shape index (κ3) is 2.31. The third-order valence-corrected chi connectivity index (χ3v) is 4.31. The number of hydrogen-bond acceptors (Lipinski definition) is 1. The molecule has 0 radical (unpaired) electrons. The number of hydrogen-bond donors (Lipinski definition) is 0. The van der Waals surface area contributed by atoms with Gasteiger partial charge in [0.05, 0.1) is 11.5 Å². The largest absolute Gasteiger partial charge is 0.197 e. The molecule has 0 aliphatic heterocycles. The fourth-order valence-corrected chi connectivity index (χ4v) is 3.23. The van der Waals surface area contributed by atoms with Gasteiger partial charge in [-0.1, -0.05) is 56.2 Å². The molecule has 2 rings (SSSR count). The lowest BCUT2D eigenvalue weighted by Gasteiger charge is -2.35. The van der Waals surface area contributed by atoms with Gasteiger partial charge in [-0.2, -0.15) is 5.26 Å². The van der Waals surface area contributed by atoms with Gasteiger partial charge >= 0.3 is 0 Å². The van der Waals surface area contributed by atoms with Gasteiger partial charge in [0.15, 0.2) is 0 Å². The molecular formula is C16H18ClN. The second kappa shape index (κ2) is 5.16. The van der Waals surface area contributed by atoms with Crippen molar-refractivity contribution in [2.45, 2.75) is 38.0 Å². The van der Waals surface area contributed by atoms with Crippen LogP contribution >= 0.6 is 11.6 Å². The fourth-order valence-electron chi connectivity index (χ4n) is 2.97. The number of rotatable bonds is 2. The summed E-state index contributed by atoms with van der Waals surface area (Å²) in [7, 11) is 0. The monoisotopic (exact) mass is 259 g/mol. The SMILES string of the molecule is C=Cc1ccc([C@@]2(C#N)CCC[C@H](C)C2)cc1Cl. The van der Waals surface area contributed by atoms with Crippen LogP contribution in [-0.2, 0) is 5.41 Å². The summed E-state index contributed by atoms with van der Waals surface area (Å²) in [6, 6.07) is 8.48. The smallest absolute Gasteiger partial charge is 0.0825 e. The van der Waals surface area contributed by atoms with Gasteiger partial charge < -0.3 is 0 Å². The fraction of sp³-hybridized carbons (Fsp3) is 0.438. The Bertz CT molecular complexity index is 500. The van der Waals surface area contributed by atoms with Crippen molar-refractivity contribution in [3.63, 3.8) is 0 Å². The van der Waals surface area contributed by atoms with Gasteiger partial charge in [0.25, 0.3) is 0 Å². The van der Waals surface area contributed by atoms with Gasteiger partial charge in [-0.15, -0.1) is 0 Å². The van der Waals surface area contributed by atoms with Crippen molar-refractivity contribution in [3.05, 3.63) is 40.9 Å². The van der Waals surface area contributed by atoms with E-state index in [9.17, 15) is 5.26 Å². The van der Waals surface area contributed by atoms with Crippen molar-refractivity contribution in [2.75, 3.05) is 0 Å². The number of nitriles is 1. The average molecular weight is 260 g/mol. The van der Waals surface area contributed by atoms with Gasteiger partial charge in [0.2, 0.25) is 0 Å². The zero-order valence-corrected chi connectivity index (χ0v) is 11.5. The van der Waals surface area contributed by atoms with Crippen molar-refractivity contribution < 1.29 is 0 Å². The Morgan fingerprint density at radius 3 is 2.89 bits per heavy atom. The maximum absolute atomic E-state index is 9.62. The Kier molecular flexibility index (Phi) is 3.78. The molecule has 0 N–H and O–H groups in total. The molecule has 1 nitrogen and oxygen atoms in total. The molecule has 0 bridgehead atoms. The van der Waals surface area contributed by atoms with E-state index < -0.39 is 0 Å². The summed E-state index contributed by atoms with van der Waals surface area (Å²) >= 11 is 6.22. The van der Waals surface area contributed by atoms with Crippen LogP contribution in [-0.4, -0.2) is 0 Å². The molecule has 1 aromatic rings. The summed E-state index contributed by atoms with van der Waals surface area (Å²) in [5, 5.41) is 10.3. The first-order chi connectivity index (χ1) is 8.61. The Morgan fingerprint density at radius 2 is 2.33 bits per heavy atom. The molecule has 0 saturated heterocycles. The molecule has 1 aromatic carbocycles. The Balaban J connectivity index is 2.42. The molecule has 0 spiro atoms. The predicted molar refractivity (Wildman–Crippen MR) is 76.5 cm³/mol. The zero-order chi connectivity index (χ0) is 13.2. The quantitative estimate of drug-likeness (QED) is 0.737. The summed E-state index contributed by atoms with van der Waals surface area (Å²) in [6.07, 6.45) is 5.97. The normalized spacial score (nSPS) is 27.5. The second-order valence-electron chi connectivity index (χ2n) is 5.34. The van der Waals surface area contributed by atoms with Gasteiger partial charge in [-0.05, 0) is 36.0 Å². The van der Waals surface area contributed by atoms with E-state index in [1.54, 1.807) is 6.08 Å². The van der Waals surface area contributed by atoms with Gasteiger partial charge in [-0.25, -0.2) is 0 Å². The minimum Gasteiger partial charge on any atom is -0.197 e. The summed E-state index contributed by atoms with van der Waals surface area (Å²) in [6.45, 7) is 5.96. The van der Waals surface area contributed by atoms with Gasteiger partial charge in [0, 0.05) is 5.02 Å². The molecule has 0 amide bonds. The van der Waals surface area contributed by atoms with E-state index in [-0.39, 0.29) is 5.41 Å². The van der Waals surface area contributed by atoms with Crippen molar-refractivity contribution in [1.29, 1.82) is 5.26 Å². The van der Waals surface area contributed by atoms with Crippen LogP contribution in [0.5, 0.6) is 0 Å². The highest BCUT2D eigenvalue weighted by Crippen LogP contribution is 2.42. The summed E-state index contributed by atoms with van der Waals surface area (Å²) < 4.78 is 0. The minimum absolute atomic E-state index is 0.346. The highest BCUT2D eigenvalue weighted by molar-refractivity contribution is 6.32. The average Bonchev–Trinajstić information content (AvgIpc) is 2.38. The van der Waals surface area contributed by atoms with Crippen molar-refractivity contribution >= 4 is 17.7 Å². The number of halogens is 1. The van der Waals surface area contributed by atoms with E-state index in [2.05, 4.69) is 19.6 Å². The van der Waals surface area contributed by atoms with E-state index in [4.69, 9.17) is 11.6 Å². The van der Waals surface area contributed by atoms with Gasteiger partial charge in [-0.3, -0.25) is 0 Å². The molecule has 0 aromatic heterocycles. The Hall–Kier alpha value is -1.26. The van der Waals surface area contributed by atoms with E-state index in [1.165, 1.54) is 6.42 Å². The number of benzene rings is 1. The van der Waals surface area contributed by atoms with Crippen molar-refractivity contribution in [3.8, 4) is 6.07 Å². The number of nitrogens with zero attached hydrogens (tertiary/aromatic N) is 1. The molecule has 1 aliphatic rings. The molecule has 0 heterocycles. The van der Waals surface area contributed by atoms with Crippen LogP contribution in [0.2, 0.25) is 5.02 Å². The van der Waals surface area contributed by atoms with Crippen LogP contribution in [0.25, 0.3) is 6.08 Å². The molecule has 0 unspecified atom stereocenters. The first kappa shape index (κ1) is 13.2. The first-order valence-electron chi connectivity index (χ1n) is 6.45. The van der Waals surface area contributed by atoms with Crippen LogP contribution in [0.4, 0.5) is 0 Å². The maximum atomic E-state index is 9.62. The Morgan fingerprint density at radius 1 is 1.56 bits per heavy atom. The lowest BCUT2D eigenvalue weighted by atomic mass is 9.67. The zero-order valence-electron chi connectivity index (χ0n) is 10.7. The maximum Gasteiger partial charge on any atom is 0.0825 e. The second-order valence-corrected chi connectivity index (χ2v) is 5.74. The highest BCUT2D eigenvalue weighted by atomic mass is 35.5. The van der Waals surface area contributed by atoms with E-state index in [0.717, 1.165) is 30.4 Å². The molecule has 2 atom stereocenters. The van der Waals surface area contributed by atoms with Crippen molar-refractivity contribution in [1.82, 2.24) is 0 Å². The minimum atomic E-state index is -0.346. The topological polar surface area (TPSA) is 23.8 Å². The van der Waals surface area contributed by atoms with Crippen LogP contribution in [0.3, 0.4) is 0 Å². The summed E-state index contributed by atoms with van der Waals surface area (Å²) in [5.41, 5.74) is 1.64. The van der Waals surface area contributed by atoms with E-state index in [1.807, 2.05) is 18.2 Å². The predicted octanol–water partition coefficient (Wildman–Crippen LogP) is 4.95. The summed E-state index contributed by atoms with van der Waals surface area (Å²) in [4.78, 5) is 0. The molecule has 1 aliphatic carbocycles. The first-order valence-corrected chi connectivity index (χ1v) is 6.83. The summed E-state index contributed by atoms with van der Waals surface area (Å²) in [5.74, 6) is 0.608. The molecule has 1 saturated carbocycles. The molecular weight excluding hydrogens is 242 g/mol. The standard InChI is InChI=1S/C16H18ClN/c1-3-13-6-7-14(9-15(13)17)16(11-18)8-4-5-12(2)10-16/h3,6-7,9,12H,1,4-5,8,10H2,2H3/t12-,16-/m0/s1. The van der Waals surface area contributed by atoms with Crippen LogP contribution in [0.15, 0.2) is 24.8 Å². The lowest BCUT2D eigenvalue weighted by Crippen LogP contribution is -2.30. The molecule has 18 heavy (non-hydrogen) atoms. The Labute approximate surface area is 114 Å². The van der Waals surface area contributed by atoms with Crippen LogP contribution < -0.4 is 0 Å². The third-order valence-electron chi connectivity index (χ3n) is 3.98. The van der Waals surface area contributed by atoms with Crippen molar-refractivity contribution in [2.24, 2.45) is 5.92 Å². The lowest BCUT2D eigenvalue weighted by molar-refractivity contribution is 0.287. The van der Waals surface area contributed by atoms with E-state index in [0.29, 0.717) is 10.9 Å².